The molecule has 0 atom stereocenters. The van der Waals surface area contributed by atoms with Crippen LogP contribution in [0.2, 0.25) is 0 Å². The quantitative estimate of drug-likeness (QED) is 0.782. The van der Waals surface area contributed by atoms with Crippen molar-refractivity contribution >= 4 is 10.9 Å². The molecule has 2 aromatic carbocycles. The van der Waals surface area contributed by atoms with Gasteiger partial charge in [-0.15, -0.1) is 0 Å². The molecule has 4 heteroatoms. The molecule has 0 saturated heterocycles. The Kier molecular flexibility index (Phi) is 4.67. The molecular formula is C20H22N2O2. The first-order valence-corrected chi connectivity index (χ1v) is 7.99. The van der Waals surface area contributed by atoms with Crippen molar-refractivity contribution in [2.75, 3.05) is 14.2 Å². The second kappa shape index (κ2) is 6.89. The van der Waals surface area contributed by atoms with Gasteiger partial charge in [0.15, 0.2) is 0 Å². The zero-order valence-electron chi connectivity index (χ0n) is 14.3. The number of H-pyrrole nitrogens is 1. The maximum Gasteiger partial charge on any atom is 0.252 e. The Balaban J connectivity index is 1.80. The number of nitrogens with one attached hydrogen (secondary N) is 1. The van der Waals surface area contributed by atoms with Gasteiger partial charge < -0.3 is 9.72 Å². The van der Waals surface area contributed by atoms with Gasteiger partial charge in [-0.05, 0) is 55.3 Å². The number of pyridine rings is 1. The lowest BCUT2D eigenvalue weighted by molar-refractivity contribution is 0.317. The van der Waals surface area contributed by atoms with Gasteiger partial charge in [0.1, 0.15) is 5.75 Å². The van der Waals surface area contributed by atoms with Gasteiger partial charge in [0.25, 0.3) is 5.56 Å². The number of rotatable bonds is 5. The Morgan fingerprint density at radius 2 is 1.92 bits per heavy atom. The molecule has 0 aliphatic rings. The van der Waals surface area contributed by atoms with Crippen molar-refractivity contribution in [1.29, 1.82) is 0 Å². The minimum atomic E-state index is -0.0242. The van der Waals surface area contributed by atoms with Crippen LogP contribution in [0.1, 0.15) is 16.7 Å². The van der Waals surface area contributed by atoms with Crippen LogP contribution >= 0.6 is 0 Å². The molecule has 4 nitrogen and oxygen atoms in total. The van der Waals surface area contributed by atoms with E-state index < -0.39 is 0 Å². The van der Waals surface area contributed by atoms with Gasteiger partial charge >= 0.3 is 0 Å². The van der Waals surface area contributed by atoms with Crippen molar-refractivity contribution in [2.45, 2.75) is 20.0 Å². The number of ether oxygens (including phenoxy) is 1. The average molecular weight is 322 g/mol. The van der Waals surface area contributed by atoms with Crippen LogP contribution in [-0.2, 0) is 13.1 Å². The van der Waals surface area contributed by atoms with E-state index in [1.54, 1.807) is 7.11 Å². The summed E-state index contributed by atoms with van der Waals surface area (Å²) in [5.74, 6) is 0.847. The van der Waals surface area contributed by atoms with E-state index in [9.17, 15) is 4.79 Å². The maximum atomic E-state index is 12.3. The highest BCUT2D eigenvalue weighted by molar-refractivity contribution is 5.79. The fraction of sp³-hybridized carbons (Fsp3) is 0.250. The van der Waals surface area contributed by atoms with Crippen LogP contribution in [0.25, 0.3) is 10.9 Å². The minimum Gasteiger partial charge on any atom is -0.497 e. The third kappa shape index (κ3) is 3.66. The Bertz CT molecular complexity index is 915. The summed E-state index contributed by atoms with van der Waals surface area (Å²) in [5, 5.41) is 1.07. The van der Waals surface area contributed by atoms with Crippen molar-refractivity contribution in [3.05, 3.63) is 75.6 Å². The van der Waals surface area contributed by atoms with E-state index in [1.807, 2.05) is 43.4 Å². The number of methoxy groups -OCH3 is 1. The molecule has 0 unspecified atom stereocenters. The minimum absolute atomic E-state index is 0.0242. The van der Waals surface area contributed by atoms with E-state index >= 15 is 0 Å². The van der Waals surface area contributed by atoms with Crippen molar-refractivity contribution in [1.82, 2.24) is 9.88 Å². The van der Waals surface area contributed by atoms with Gasteiger partial charge in [-0.1, -0.05) is 23.8 Å². The molecule has 24 heavy (non-hydrogen) atoms. The molecule has 0 bridgehead atoms. The van der Waals surface area contributed by atoms with Gasteiger partial charge in [-0.3, -0.25) is 9.69 Å². The molecular weight excluding hydrogens is 300 g/mol. The van der Waals surface area contributed by atoms with Crippen LogP contribution in [0.5, 0.6) is 5.75 Å². The summed E-state index contributed by atoms with van der Waals surface area (Å²) in [6.45, 7) is 3.40. The summed E-state index contributed by atoms with van der Waals surface area (Å²) in [7, 11) is 3.68. The number of hydrogen-bond donors (Lipinski definition) is 1. The number of nitrogens with zero attached hydrogens (tertiary/aromatic N) is 1. The molecule has 0 aliphatic heterocycles. The van der Waals surface area contributed by atoms with Crippen LogP contribution in [0, 0.1) is 6.92 Å². The first-order valence-electron chi connectivity index (χ1n) is 7.99. The number of aromatic amines is 1. The SMILES string of the molecule is COc1cccc(CN(C)Cc2cc3cc(C)ccc3[nH]c2=O)c1. The predicted octanol–water partition coefficient (Wildman–Crippen LogP) is 3.48. The van der Waals surface area contributed by atoms with Crippen molar-refractivity contribution < 1.29 is 4.74 Å². The summed E-state index contributed by atoms with van der Waals surface area (Å²) < 4.78 is 5.26. The molecule has 0 spiro atoms. The largest absolute Gasteiger partial charge is 0.497 e. The van der Waals surface area contributed by atoms with Gasteiger partial charge in [0, 0.05) is 24.2 Å². The van der Waals surface area contributed by atoms with Gasteiger partial charge in [0.05, 0.1) is 7.11 Å². The van der Waals surface area contributed by atoms with Crippen LogP contribution in [0.15, 0.2) is 53.3 Å². The van der Waals surface area contributed by atoms with Gasteiger partial charge in [0.2, 0.25) is 0 Å². The molecule has 3 rings (SSSR count). The van der Waals surface area contributed by atoms with E-state index in [-0.39, 0.29) is 5.56 Å². The molecule has 0 aliphatic carbocycles. The van der Waals surface area contributed by atoms with E-state index in [1.165, 1.54) is 5.56 Å². The topological polar surface area (TPSA) is 45.3 Å². The van der Waals surface area contributed by atoms with Crippen LogP contribution < -0.4 is 10.3 Å². The van der Waals surface area contributed by atoms with Crippen molar-refractivity contribution in [3.8, 4) is 5.75 Å². The average Bonchev–Trinajstić information content (AvgIpc) is 2.56. The standard InChI is InChI=1S/C20H22N2O2/c1-14-7-8-19-16(9-14)11-17(20(23)21-19)13-22(2)12-15-5-4-6-18(10-15)24-3/h4-11H,12-13H2,1-3H3,(H,21,23). The Morgan fingerprint density at radius 3 is 2.71 bits per heavy atom. The van der Waals surface area contributed by atoms with Crippen molar-refractivity contribution in [3.63, 3.8) is 0 Å². The fourth-order valence-corrected chi connectivity index (χ4v) is 2.92. The third-order valence-electron chi connectivity index (χ3n) is 4.10. The second-order valence-electron chi connectivity index (χ2n) is 6.24. The lowest BCUT2D eigenvalue weighted by Gasteiger charge is -2.17. The van der Waals surface area contributed by atoms with Gasteiger partial charge in [-0.2, -0.15) is 0 Å². The number of hydrogen-bond acceptors (Lipinski definition) is 3. The molecule has 0 amide bonds. The molecule has 1 aromatic heterocycles. The number of benzene rings is 2. The van der Waals surface area contributed by atoms with E-state index in [4.69, 9.17) is 4.74 Å². The zero-order valence-corrected chi connectivity index (χ0v) is 14.3. The first-order chi connectivity index (χ1) is 11.5. The summed E-state index contributed by atoms with van der Waals surface area (Å²) in [6, 6.07) is 16.0. The summed E-state index contributed by atoms with van der Waals surface area (Å²) in [4.78, 5) is 17.4. The maximum absolute atomic E-state index is 12.3. The molecule has 0 radical (unpaired) electrons. The van der Waals surface area contributed by atoms with Crippen LogP contribution in [-0.4, -0.2) is 24.0 Å². The highest BCUT2D eigenvalue weighted by atomic mass is 16.5. The lowest BCUT2D eigenvalue weighted by atomic mass is 10.1. The highest BCUT2D eigenvalue weighted by Gasteiger charge is 2.08. The highest BCUT2D eigenvalue weighted by Crippen LogP contribution is 2.16. The fourth-order valence-electron chi connectivity index (χ4n) is 2.92. The Hall–Kier alpha value is -2.59. The predicted molar refractivity (Wildman–Crippen MR) is 97.5 cm³/mol. The second-order valence-corrected chi connectivity index (χ2v) is 6.24. The summed E-state index contributed by atoms with van der Waals surface area (Å²) in [5.41, 5.74) is 3.97. The Morgan fingerprint density at radius 1 is 1.08 bits per heavy atom. The van der Waals surface area contributed by atoms with E-state index in [0.29, 0.717) is 6.54 Å². The third-order valence-corrected chi connectivity index (χ3v) is 4.10. The van der Waals surface area contributed by atoms with Gasteiger partial charge in [-0.25, -0.2) is 0 Å². The molecule has 0 saturated carbocycles. The summed E-state index contributed by atoms with van der Waals surface area (Å²) in [6.07, 6.45) is 0. The van der Waals surface area contributed by atoms with E-state index in [2.05, 4.69) is 28.9 Å². The molecule has 1 N–H and O–H groups in total. The Labute approximate surface area is 141 Å². The number of aromatic nitrogens is 1. The van der Waals surface area contributed by atoms with E-state index in [0.717, 1.165) is 34.3 Å². The molecule has 1 heterocycles. The molecule has 3 aromatic rings. The van der Waals surface area contributed by atoms with Crippen molar-refractivity contribution in [2.24, 2.45) is 0 Å². The van der Waals surface area contributed by atoms with Crippen LogP contribution in [0.4, 0.5) is 0 Å². The first kappa shape index (κ1) is 16.3. The van der Waals surface area contributed by atoms with Crippen LogP contribution in [0.3, 0.4) is 0 Å². The summed E-state index contributed by atoms with van der Waals surface area (Å²) >= 11 is 0. The lowest BCUT2D eigenvalue weighted by Crippen LogP contribution is -2.23. The smallest absolute Gasteiger partial charge is 0.252 e. The zero-order chi connectivity index (χ0) is 17.1. The molecule has 124 valence electrons. The number of aryl methyl sites for hydroxylation is 1. The normalized spacial score (nSPS) is 11.2. The monoisotopic (exact) mass is 322 g/mol. The number of fused-ring (bicyclic) bond motifs is 1. The molecule has 0 fully saturated rings.